The van der Waals surface area contributed by atoms with Gasteiger partial charge < -0.3 is 10.2 Å². The lowest BCUT2D eigenvalue weighted by Crippen LogP contribution is -2.35. The molecular weight excluding hydrogens is 238 g/mol. The molecule has 17 heavy (non-hydrogen) atoms. The Bertz CT molecular complexity index is 454. The van der Waals surface area contributed by atoms with E-state index in [4.69, 9.17) is 16.9 Å². The summed E-state index contributed by atoms with van der Waals surface area (Å²) in [6.07, 6.45) is 0. The van der Waals surface area contributed by atoms with Gasteiger partial charge in [0, 0.05) is 13.6 Å². The van der Waals surface area contributed by atoms with Crippen molar-refractivity contribution in [3.05, 3.63) is 28.8 Å². The maximum absolute atomic E-state index is 11.4. The number of nitriles is 1. The van der Waals surface area contributed by atoms with Crippen molar-refractivity contribution in [2.24, 2.45) is 0 Å². The zero-order valence-corrected chi connectivity index (χ0v) is 10.6. The molecule has 0 spiro atoms. The average Bonchev–Trinajstić information content (AvgIpc) is 2.35. The molecule has 0 aliphatic carbocycles. The fraction of sp³-hybridized carbons (Fsp3) is 0.333. The topological polar surface area (TPSA) is 56.1 Å². The quantitative estimate of drug-likeness (QED) is 0.888. The molecule has 4 nitrogen and oxygen atoms in total. The molecule has 0 aliphatic rings. The van der Waals surface area contributed by atoms with Crippen LogP contribution in [-0.4, -0.2) is 26.0 Å². The van der Waals surface area contributed by atoms with Crippen LogP contribution in [0.4, 0.5) is 5.69 Å². The Kier molecular flexibility index (Phi) is 4.80. The summed E-state index contributed by atoms with van der Waals surface area (Å²) in [5.74, 6) is -0.101. The molecule has 1 aromatic rings. The Morgan fingerprint density at radius 1 is 1.59 bits per heavy atom. The summed E-state index contributed by atoms with van der Waals surface area (Å²) in [5, 5.41) is 12.0. The van der Waals surface area contributed by atoms with Gasteiger partial charge >= 0.3 is 0 Å². The number of amides is 1. The number of halogens is 1. The molecule has 1 N–H and O–H groups in total. The Labute approximate surface area is 106 Å². The van der Waals surface area contributed by atoms with Crippen LogP contribution in [0.1, 0.15) is 12.5 Å². The summed E-state index contributed by atoms with van der Waals surface area (Å²) >= 11 is 5.95. The molecule has 0 heterocycles. The van der Waals surface area contributed by atoms with Crippen molar-refractivity contribution in [1.82, 2.24) is 5.32 Å². The van der Waals surface area contributed by atoms with Crippen molar-refractivity contribution >= 4 is 23.2 Å². The molecule has 0 saturated carbocycles. The lowest BCUT2D eigenvalue weighted by Gasteiger charge is -2.23. The SMILES string of the molecule is CCN(CC(=O)NC)c1cccc(Cl)c1C#N. The van der Waals surface area contributed by atoms with Crippen molar-refractivity contribution in [2.45, 2.75) is 6.92 Å². The average molecular weight is 252 g/mol. The lowest BCUT2D eigenvalue weighted by atomic mass is 10.1. The number of anilines is 1. The van der Waals surface area contributed by atoms with Gasteiger partial charge in [-0.25, -0.2) is 0 Å². The van der Waals surface area contributed by atoms with Crippen molar-refractivity contribution in [3.63, 3.8) is 0 Å². The second-order valence-electron chi connectivity index (χ2n) is 3.43. The van der Waals surface area contributed by atoms with Gasteiger partial charge in [-0.1, -0.05) is 17.7 Å². The first-order valence-electron chi connectivity index (χ1n) is 5.28. The first-order chi connectivity index (χ1) is 8.13. The summed E-state index contributed by atoms with van der Waals surface area (Å²) in [7, 11) is 1.58. The molecular formula is C12H14ClN3O. The maximum Gasteiger partial charge on any atom is 0.239 e. The predicted octanol–water partition coefficient (Wildman–Crippen LogP) is 1.78. The van der Waals surface area contributed by atoms with Crippen LogP contribution in [0.3, 0.4) is 0 Å². The van der Waals surface area contributed by atoms with E-state index in [1.165, 1.54) is 0 Å². The van der Waals surface area contributed by atoms with Gasteiger partial charge in [-0.15, -0.1) is 0 Å². The van der Waals surface area contributed by atoms with E-state index < -0.39 is 0 Å². The van der Waals surface area contributed by atoms with Gasteiger partial charge in [0.05, 0.1) is 22.8 Å². The van der Waals surface area contributed by atoms with E-state index >= 15 is 0 Å². The summed E-state index contributed by atoms with van der Waals surface area (Å²) in [5.41, 5.74) is 1.09. The molecule has 0 unspecified atom stereocenters. The number of benzene rings is 1. The first-order valence-corrected chi connectivity index (χ1v) is 5.66. The molecule has 1 amide bonds. The van der Waals surface area contributed by atoms with Crippen LogP contribution >= 0.6 is 11.6 Å². The molecule has 5 heteroatoms. The number of hydrogen-bond acceptors (Lipinski definition) is 3. The van der Waals surface area contributed by atoms with Gasteiger partial charge in [-0.05, 0) is 19.1 Å². The molecule has 0 aliphatic heterocycles. The second kappa shape index (κ2) is 6.12. The van der Waals surface area contributed by atoms with Crippen molar-refractivity contribution in [2.75, 3.05) is 25.0 Å². The summed E-state index contributed by atoms with van der Waals surface area (Å²) < 4.78 is 0. The number of likely N-dealkylation sites (N-methyl/N-ethyl adjacent to an activating group) is 2. The van der Waals surface area contributed by atoms with Gasteiger partial charge in [0.25, 0.3) is 0 Å². The smallest absolute Gasteiger partial charge is 0.239 e. The summed E-state index contributed by atoms with van der Waals surface area (Å²) in [6, 6.07) is 7.29. The van der Waals surface area contributed by atoms with E-state index in [1.807, 2.05) is 11.8 Å². The fourth-order valence-corrected chi connectivity index (χ4v) is 1.72. The molecule has 0 aromatic heterocycles. The molecule has 0 radical (unpaired) electrons. The summed E-state index contributed by atoms with van der Waals surface area (Å²) in [4.78, 5) is 13.2. The highest BCUT2D eigenvalue weighted by Gasteiger charge is 2.14. The molecule has 0 fully saturated rings. The Morgan fingerprint density at radius 3 is 2.82 bits per heavy atom. The molecule has 0 saturated heterocycles. The van der Waals surface area contributed by atoms with Crippen molar-refractivity contribution in [1.29, 1.82) is 5.26 Å². The van der Waals surface area contributed by atoms with Crippen LogP contribution < -0.4 is 10.2 Å². The minimum Gasteiger partial charge on any atom is -0.361 e. The molecule has 0 atom stereocenters. The third-order valence-corrected chi connectivity index (χ3v) is 2.75. The molecule has 90 valence electrons. The van der Waals surface area contributed by atoms with Crippen LogP contribution in [0.2, 0.25) is 5.02 Å². The third-order valence-electron chi connectivity index (χ3n) is 2.44. The monoisotopic (exact) mass is 251 g/mol. The van der Waals surface area contributed by atoms with E-state index in [-0.39, 0.29) is 12.5 Å². The predicted molar refractivity (Wildman–Crippen MR) is 68.1 cm³/mol. The maximum atomic E-state index is 11.4. The number of hydrogen-bond donors (Lipinski definition) is 1. The van der Waals surface area contributed by atoms with Gasteiger partial charge in [-0.3, -0.25) is 4.79 Å². The van der Waals surface area contributed by atoms with Crippen LogP contribution in [0.25, 0.3) is 0 Å². The van der Waals surface area contributed by atoms with Gasteiger partial charge in [0.2, 0.25) is 5.91 Å². The van der Waals surface area contributed by atoms with Crippen LogP contribution in [0.5, 0.6) is 0 Å². The highest BCUT2D eigenvalue weighted by molar-refractivity contribution is 6.32. The molecule has 0 bridgehead atoms. The first kappa shape index (κ1) is 13.3. The summed E-state index contributed by atoms with van der Waals surface area (Å²) in [6.45, 7) is 2.76. The van der Waals surface area contributed by atoms with E-state index in [9.17, 15) is 4.79 Å². The number of carbonyl (C=O) groups is 1. The highest BCUT2D eigenvalue weighted by atomic mass is 35.5. The zero-order valence-electron chi connectivity index (χ0n) is 9.83. The number of carbonyl (C=O) groups excluding carboxylic acids is 1. The molecule has 1 rings (SSSR count). The molecule has 1 aromatic carbocycles. The number of rotatable bonds is 4. The van der Waals surface area contributed by atoms with Crippen LogP contribution in [0, 0.1) is 11.3 Å². The van der Waals surface area contributed by atoms with E-state index in [0.29, 0.717) is 22.8 Å². The fourth-order valence-electron chi connectivity index (χ4n) is 1.51. The second-order valence-corrected chi connectivity index (χ2v) is 3.84. The third kappa shape index (κ3) is 3.11. The zero-order chi connectivity index (χ0) is 12.8. The number of nitrogens with one attached hydrogen (secondary N) is 1. The Morgan fingerprint density at radius 2 is 2.29 bits per heavy atom. The van der Waals surface area contributed by atoms with Gasteiger partial charge in [0.15, 0.2) is 0 Å². The van der Waals surface area contributed by atoms with Crippen molar-refractivity contribution in [3.8, 4) is 6.07 Å². The standard InChI is InChI=1S/C12H14ClN3O/c1-3-16(8-12(17)15-2)11-6-4-5-10(13)9(11)7-14/h4-6H,3,8H2,1-2H3,(H,15,17). The van der Waals surface area contributed by atoms with Crippen molar-refractivity contribution < 1.29 is 4.79 Å². The van der Waals surface area contributed by atoms with E-state index in [0.717, 1.165) is 0 Å². The Hall–Kier alpha value is -1.73. The lowest BCUT2D eigenvalue weighted by molar-refractivity contribution is -0.119. The normalized spacial score (nSPS) is 9.53. The van der Waals surface area contributed by atoms with Crippen LogP contribution in [-0.2, 0) is 4.79 Å². The Balaban J connectivity index is 3.08. The van der Waals surface area contributed by atoms with Gasteiger partial charge in [0.1, 0.15) is 6.07 Å². The van der Waals surface area contributed by atoms with E-state index in [2.05, 4.69) is 11.4 Å². The van der Waals surface area contributed by atoms with Gasteiger partial charge in [-0.2, -0.15) is 5.26 Å². The minimum atomic E-state index is -0.101. The largest absolute Gasteiger partial charge is 0.361 e. The van der Waals surface area contributed by atoms with E-state index in [1.54, 1.807) is 25.2 Å². The highest BCUT2D eigenvalue weighted by Crippen LogP contribution is 2.26. The van der Waals surface area contributed by atoms with Crippen LogP contribution in [0.15, 0.2) is 18.2 Å². The number of nitrogens with zero attached hydrogens (tertiary/aromatic N) is 2. The minimum absolute atomic E-state index is 0.101.